The molecule has 1 saturated carbocycles. The quantitative estimate of drug-likeness (QED) is 0.248. The minimum absolute atomic E-state index is 0.0183. The number of rotatable bonds is 5. The molecular weight excluding hydrogens is 535 g/mol. The number of halogens is 2. The molecule has 0 spiro atoms. The van der Waals surface area contributed by atoms with E-state index in [1.54, 1.807) is 17.4 Å². The van der Waals surface area contributed by atoms with Crippen LogP contribution >= 0.6 is 34.5 Å². The first kappa shape index (κ1) is 26.7. The Kier molecular flexibility index (Phi) is 8.68. The van der Waals surface area contributed by atoms with Crippen molar-refractivity contribution in [2.24, 2.45) is 0 Å². The molecule has 1 atom stereocenters. The molecule has 1 N–H and O–H groups in total. The molecule has 1 aromatic heterocycles. The van der Waals surface area contributed by atoms with Crippen molar-refractivity contribution in [2.75, 3.05) is 0 Å². The fourth-order valence-electron chi connectivity index (χ4n) is 5.63. The minimum Gasteiger partial charge on any atom is -0.355 e. The molecule has 4 nitrogen and oxygen atoms in total. The Morgan fingerprint density at radius 3 is 2.53 bits per heavy atom. The Morgan fingerprint density at radius 2 is 1.74 bits per heavy atom. The predicted molar refractivity (Wildman–Crippen MR) is 157 cm³/mol. The second-order valence-corrected chi connectivity index (χ2v) is 11.6. The van der Waals surface area contributed by atoms with Gasteiger partial charge in [-0.3, -0.25) is 9.59 Å². The number of hydrogen-bond acceptors (Lipinski definition) is 3. The molecule has 2 heterocycles. The van der Waals surface area contributed by atoms with Gasteiger partial charge >= 0.3 is 0 Å². The highest BCUT2D eigenvalue weighted by atomic mass is 35.5. The van der Waals surface area contributed by atoms with Gasteiger partial charge in [-0.25, -0.2) is 0 Å². The molecule has 196 valence electrons. The molecule has 1 fully saturated rings. The zero-order chi connectivity index (χ0) is 26.5. The van der Waals surface area contributed by atoms with E-state index in [2.05, 4.69) is 33.8 Å². The zero-order valence-corrected chi connectivity index (χ0v) is 23.4. The lowest BCUT2D eigenvalue weighted by Gasteiger charge is -2.43. The normalized spacial score (nSPS) is 17.5. The lowest BCUT2D eigenvalue weighted by Crippen LogP contribution is -2.47. The smallest absolute Gasteiger partial charge is 0.254 e. The van der Waals surface area contributed by atoms with E-state index in [1.165, 1.54) is 34.9 Å². The maximum absolute atomic E-state index is 13.3. The summed E-state index contributed by atoms with van der Waals surface area (Å²) in [6.45, 7) is 0.619. The topological polar surface area (TPSA) is 49.4 Å². The molecule has 7 heteroatoms. The molecule has 1 aliphatic heterocycles. The molecule has 1 unspecified atom stereocenters. The largest absolute Gasteiger partial charge is 0.355 e. The van der Waals surface area contributed by atoms with Crippen LogP contribution in [0, 0.1) is 0 Å². The highest BCUT2D eigenvalue weighted by Crippen LogP contribution is 2.41. The average molecular weight is 566 g/mol. The first-order valence-corrected chi connectivity index (χ1v) is 14.7. The van der Waals surface area contributed by atoms with Crippen LogP contribution in [0.1, 0.15) is 65.2 Å². The van der Waals surface area contributed by atoms with Crippen LogP contribution in [0.5, 0.6) is 0 Å². The second-order valence-electron chi connectivity index (χ2n) is 9.80. The van der Waals surface area contributed by atoms with Crippen molar-refractivity contribution in [1.82, 2.24) is 10.2 Å². The Bertz CT molecular complexity index is 1430. The van der Waals surface area contributed by atoms with Crippen LogP contribution in [0.15, 0.2) is 72.1 Å². The van der Waals surface area contributed by atoms with Crippen molar-refractivity contribution in [1.29, 1.82) is 0 Å². The number of nitrogens with one attached hydrogen (secondary N) is 1. The standard InChI is InChI=1S/C21H21Cl2NO.C10H9NOS/c22-15-10-11-18(19(23)13-15)20-12-14-6-4-5-9-17(14)21(25)24(20)16-7-2-1-3-8-16;12-7-11-5-8-6-13-10-4-2-1-3-9(8)10/h4-6,9-11,13,16,20H,1-3,7-8,12H2;1-4,6-7H,5H2,(H,11,12). The maximum atomic E-state index is 13.3. The van der Waals surface area contributed by atoms with Gasteiger partial charge < -0.3 is 10.2 Å². The number of carbonyl (C=O) groups excluding carboxylic acids is 2. The van der Waals surface area contributed by atoms with Gasteiger partial charge in [-0.1, -0.05) is 84.9 Å². The Hall–Kier alpha value is -2.86. The molecule has 1 aliphatic carbocycles. The Labute approximate surface area is 237 Å². The van der Waals surface area contributed by atoms with Crippen LogP contribution < -0.4 is 5.32 Å². The van der Waals surface area contributed by atoms with Crippen LogP contribution in [0.3, 0.4) is 0 Å². The SMILES string of the molecule is O=C1c2ccccc2CC(c2ccc(Cl)cc2Cl)N1C1CCCCC1.O=CNCc1csc2ccccc12. The summed E-state index contributed by atoms with van der Waals surface area (Å²) in [7, 11) is 0. The number of thiophene rings is 1. The maximum Gasteiger partial charge on any atom is 0.254 e. The molecule has 2 aliphatic rings. The number of hydrogen-bond donors (Lipinski definition) is 1. The second kappa shape index (κ2) is 12.3. The van der Waals surface area contributed by atoms with Gasteiger partial charge in [-0.15, -0.1) is 11.3 Å². The summed E-state index contributed by atoms with van der Waals surface area (Å²) in [6, 6.07) is 22.1. The molecule has 0 saturated heterocycles. The van der Waals surface area contributed by atoms with Crippen molar-refractivity contribution in [2.45, 2.75) is 57.2 Å². The van der Waals surface area contributed by atoms with Gasteiger partial charge in [0.05, 0.1) is 6.04 Å². The lowest BCUT2D eigenvalue weighted by molar-refractivity contribution is -0.109. The number of nitrogens with zero attached hydrogens (tertiary/aromatic N) is 1. The van der Waals surface area contributed by atoms with Gasteiger partial charge in [0.15, 0.2) is 0 Å². The van der Waals surface area contributed by atoms with E-state index < -0.39 is 0 Å². The first-order valence-electron chi connectivity index (χ1n) is 13.0. The van der Waals surface area contributed by atoms with Crippen LogP contribution in [-0.2, 0) is 17.8 Å². The fraction of sp³-hybridized carbons (Fsp3) is 0.290. The summed E-state index contributed by atoms with van der Waals surface area (Å²) in [5, 5.41) is 7.26. The zero-order valence-electron chi connectivity index (χ0n) is 21.0. The third-order valence-electron chi connectivity index (χ3n) is 7.46. The molecule has 0 radical (unpaired) electrons. The van der Waals surface area contributed by atoms with Crippen molar-refractivity contribution in [3.8, 4) is 0 Å². The van der Waals surface area contributed by atoms with Crippen molar-refractivity contribution < 1.29 is 9.59 Å². The summed E-state index contributed by atoms with van der Waals surface area (Å²) in [4.78, 5) is 25.6. The van der Waals surface area contributed by atoms with E-state index >= 15 is 0 Å². The number of carbonyl (C=O) groups is 2. The van der Waals surface area contributed by atoms with Gasteiger partial charge in [0, 0.05) is 32.9 Å². The van der Waals surface area contributed by atoms with Crippen molar-refractivity contribution in [3.63, 3.8) is 0 Å². The van der Waals surface area contributed by atoms with Crippen LogP contribution in [0.2, 0.25) is 10.0 Å². The average Bonchev–Trinajstić information content (AvgIpc) is 3.36. The summed E-state index contributed by atoms with van der Waals surface area (Å²) in [5.41, 5.74) is 4.14. The minimum atomic E-state index is -0.0183. The van der Waals surface area contributed by atoms with E-state index in [1.807, 2.05) is 42.5 Å². The fourth-order valence-corrected chi connectivity index (χ4v) is 7.12. The Morgan fingerprint density at radius 1 is 0.974 bits per heavy atom. The number of amides is 2. The van der Waals surface area contributed by atoms with Crippen LogP contribution in [-0.4, -0.2) is 23.3 Å². The Balaban J connectivity index is 0.000000190. The molecule has 3 aromatic carbocycles. The van der Waals surface area contributed by atoms with E-state index in [-0.39, 0.29) is 11.9 Å². The van der Waals surface area contributed by atoms with Crippen molar-refractivity contribution >= 4 is 56.9 Å². The summed E-state index contributed by atoms with van der Waals surface area (Å²) in [5.74, 6) is 0.143. The molecule has 4 aromatic rings. The van der Waals surface area contributed by atoms with Gasteiger partial charge in [0.2, 0.25) is 6.41 Å². The van der Waals surface area contributed by atoms with Gasteiger partial charge in [-0.05, 0) is 71.0 Å². The molecule has 2 amide bonds. The van der Waals surface area contributed by atoms with E-state index in [0.29, 0.717) is 22.6 Å². The van der Waals surface area contributed by atoms with Crippen LogP contribution in [0.25, 0.3) is 10.1 Å². The van der Waals surface area contributed by atoms with Gasteiger partial charge in [0.25, 0.3) is 5.91 Å². The lowest BCUT2D eigenvalue weighted by atomic mass is 9.85. The van der Waals surface area contributed by atoms with Crippen LogP contribution in [0.4, 0.5) is 0 Å². The predicted octanol–water partition coefficient (Wildman–Crippen LogP) is 8.21. The summed E-state index contributed by atoms with van der Waals surface area (Å²) < 4.78 is 1.27. The third-order valence-corrected chi connectivity index (χ3v) is 9.03. The molecule has 6 rings (SSSR count). The number of benzene rings is 3. The van der Waals surface area contributed by atoms with Gasteiger partial charge in [-0.2, -0.15) is 0 Å². The van der Waals surface area contributed by atoms with Crippen molar-refractivity contribution in [3.05, 3.63) is 104 Å². The molecule has 38 heavy (non-hydrogen) atoms. The van der Waals surface area contributed by atoms with Gasteiger partial charge in [0.1, 0.15) is 0 Å². The van der Waals surface area contributed by atoms with E-state index in [9.17, 15) is 9.59 Å². The molecule has 0 bridgehead atoms. The highest BCUT2D eigenvalue weighted by molar-refractivity contribution is 7.17. The van der Waals surface area contributed by atoms with E-state index in [4.69, 9.17) is 23.2 Å². The first-order chi connectivity index (χ1) is 18.6. The highest BCUT2D eigenvalue weighted by Gasteiger charge is 2.38. The monoisotopic (exact) mass is 564 g/mol. The summed E-state index contributed by atoms with van der Waals surface area (Å²) >= 11 is 14.3. The number of fused-ring (bicyclic) bond motifs is 2. The summed E-state index contributed by atoms with van der Waals surface area (Å²) in [6.07, 6.45) is 7.34. The van der Waals surface area contributed by atoms with E-state index in [0.717, 1.165) is 42.4 Å². The molecular formula is C31H30Cl2N2O2S. The third kappa shape index (κ3) is 5.75.